The summed E-state index contributed by atoms with van der Waals surface area (Å²) in [6.07, 6.45) is 9.84. The van der Waals surface area contributed by atoms with Crippen LogP contribution in [0.2, 0.25) is 0 Å². The third-order valence-electron chi connectivity index (χ3n) is 2.57. The van der Waals surface area contributed by atoms with Gasteiger partial charge in [0.25, 0.3) is 0 Å². The second-order valence-electron chi connectivity index (χ2n) is 3.64. The Bertz CT molecular complexity index is 92.9. The Morgan fingerprint density at radius 1 is 1.33 bits per heavy atom. The van der Waals surface area contributed by atoms with E-state index in [0.717, 1.165) is 6.04 Å². The van der Waals surface area contributed by atoms with Crippen molar-refractivity contribution in [1.29, 1.82) is 0 Å². The summed E-state index contributed by atoms with van der Waals surface area (Å²) in [6.45, 7) is 3.53. The van der Waals surface area contributed by atoms with Crippen LogP contribution in [0, 0.1) is 0 Å². The van der Waals surface area contributed by atoms with E-state index in [1.807, 2.05) is 0 Å². The van der Waals surface area contributed by atoms with Crippen molar-refractivity contribution in [2.24, 2.45) is 0 Å². The molecule has 1 aliphatic rings. The van der Waals surface area contributed by atoms with Crippen molar-refractivity contribution in [3.8, 4) is 0 Å². The van der Waals surface area contributed by atoms with Gasteiger partial charge in [0.05, 0.1) is 0 Å². The number of hydrogen-bond acceptors (Lipinski definition) is 1. The van der Waals surface area contributed by atoms with E-state index < -0.39 is 0 Å². The molecule has 12 heavy (non-hydrogen) atoms. The Hall–Kier alpha value is 0.557. The van der Waals surface area contributed by atoms with Crippen LogP contribution in [0.1, 0.15) is 53.3 Å². The van der Waals surface area contributed by atoms with Gasteiger partial charge in [0.2, 0.25) is 0 Å². The molecule has 1 unspecified atom stereocenters. The summed E-state index contributed by atoms with van der Waals surface area (Å²) in [5, 5.41) is 3.62. The zero-order valence-electron chi connectivity index (χ0n) is 9.73. The van der Waals surface area contributed by atoms with Crippen molar-refractivity contribution in [1.82, 2.24) is 5.32 Å². The minimum absolute atomic E-state index is 0. The van der Waals surface area contributed by atoms with Crippen LogP contribution in [0.4, 0.5) is 0 Å². The van der Waals surface area contributed by atoms with Crippen LogP contribution < -0.4 is 24.2 Å². The van der Waals surface area contributed by atoms with E-state index in [4.69, 9.17) is 0 Å². The summed E-state index contributed by atoms with van der Waals surface area (Å²) in [6, 6.07) is 0.845. The van der Waals surface area contributed by atoms with Gasteiger partial charge in [-0.25, -0.2) is 0 Å². The van der Waals surface area contributed by atoms with Crippen molar-refractivity contribution < 1.29 is 20.3 Å². The van der Waals surface area contributed by atoms with Crippen LogP contribution in [-0.4, -0.2) is 12.6 Å². The second-order valence-corrected chi connectivity index (χ2v) is 3.64. The van der Waals surface area contributed by atoms with Crippen molar-refractivity contribution in [2.45, 2.75) is 57.9 Å². The fourth-order valence-electron chi connectivity index (χ4n) is 1.80. The summed E-state index contributed by atoms with van der Waals surface area (Å²) in [5.41, 5.74) is 0. The van der Waals surface area contributed by atoms with Crippen molar-refractivity contribution in [2.75, 3.05) is 6.54 Å². The number of hydrogen-bond donors (Lipinski definition) is 1. The average Bonchev–Trinajstić information content (AvgIpc) is 2.28. The molecule has 0 spiro atoms. The fraction of sp³-hybridized carbons (Fsp3) is 1.00. The topological polar surface area (TPSA) is 12.0 Å². The minimum atomic E-state index is 0. The minimum Gasteiger partial charge on any atom is -1.00 e. The van der Waals surface area contributed by atoms with E-state index >= 15 is 0 Å². The molecule has 0 aromatic heterocycles. The first-order valence-electron chi connectivity index (χ1n) is 5.17. The maximum atomic E-state index is 3.62. The smallest absolute Gasteiger partial charge is 1.00 e. The molecule has 0 bridgehead atoms. The molecule has 0 amide bonds. The Morgan fingerprint density at radius 2 is 2.17 bits per heavy atom. The number of rotatable bonds is 3. The Labute approximate surface area is 90.4 Å². The van der Waals surface area contributed by atoms with Gasteiger partial charge in [-0.15, -0.1) is 0 Å². The van der Waals surface area contributed by atoms with E-state index in [9.17, 15) is 0 Å². The van der Waals surface area contributed by atoms with Crippen LogP contribution in [0.25, 0.3) is 0 Å². The monoisotopic (exact) mass is 163 g/mol. The Morgan fingerprint density at radius 3 is 2.92 bits per heavy atom. The van der Waals surface area contributed by atoms with Gasteiger partial charge in [-0.05, 0) is 25.8 Å². The van der Waals surface area contributed by atoms with Gasteiger partial charge in [0.1, 0.15) is 0 Å². The maximum absolute atomic E-state index is 3.62. The summed E-state index contributed by atoms with van der Waals surface area (Å²) in [5.74, 6) is 0. The molecule has 1 atom stereocenters. The molecule has 1 nitrogen and oxygen atoms in total. The van der Waals surface area contributed by atoms with Gasteiger partial charge in [-0.3, -0.25) is 0 Å². The predicted octanol–water partition coefficient (Wildman–Crippen LogP) is -0.175. The first-order chi connectivity index (χ1) is 5.43. The Kier molecular flexibility index (Phi) is 8.55. The molecule has 1 fully saturated rings. The van der Waals surface area contributed by atoms with Crippen LogP contribution in [-0.2, 0) is 0 Å². The van der Waals surface area contributed by atoms with Gasteiger partial charge >= 0.3 is 18.9 Å². The van der Waals surface area contributed by atoms with E-state index in [0.29, 0.717) is 0 Å². The van der Waals surface area contributed by atoms with Crippen molar-refractivity contribution in [3.05, 3.63) is 0 Å². The van der Waals surface area contributed by atoms with Gasteiger partial charge in [0, 0.05) is 6.04 Å². The first kappa shape index (κ1) is 12.6. The summed E-state index contributed by atoms with van der Waals surface area (Å²) in [4.78, 5) is 0. The molecule has 0 aromatic carbocycles. The molecule has 1 saturated heterocycles. The van der Waals surface area contributed by atoms with E-state index in [2.05, 4.69) is 12.2 Å². The molecular weight excluding hydrogens is 141 g/mol. The molecule has 1 N–H and O–H groups in total. The normalized spacial score (nSPS) is 24.2. The van der Waals surface area contributed by atoms with Crippen LogP contribution >= 0.6 is 0 Å². The third kappa shape index (κ3) is 5.25. The van der Waals surface area contributed by atoms with E-state index in [1.54, 1.807) is 0 Å². The molecule has 1 rings (SSSR count). The molecule has 68 valence electrons. The maximum Gasteiger partial charge on any atom is 1.00 e. The molecule has 1 aliphatic heterocycles. The summed E-state index contributed by atoms with van der Waals surface area (Å²) < 4.78 is 0. The van der Waals surface area contributed by atoms with Crippen LogP contribution in [0.3, 0.4) is 0 Å². The van der Waals surface area contributed by atoms with Crippen molar-refractivity contribution >= 4 is 0 Å². The molecule has 2 heteroatoms. The quantitative estimate of drug-likeness (QED) is 0.569. The fourth-order valence-corrected chi connectivity index (χ4v) is 1.80. The van der Waals surface area contributed by atoms with Gasteiger partial charge < -0.3 is 6.74 Å². The predicted molar refractivity (Wildman–Crippen MR) is 50.9 cm³/mol. The molecule has 0 saturated carbocycles. The Balaban J connectivity index is 0. The number of nitrogens with one attached hydrogen (secondary N) is 1. The average molecular weight is 163 g/mol. The molecule has 0 aliphatic carbocycles. The third-order valence-corrected chi connectivity index (χ3v) is 2.57. The zero-order valence-corrected chi connectivity index (χ0v) is 8.73. The largest absolute Gasteiger partial charge is 1.00 e. The first-order valence-corrected chi connectivity index (χ1v) is 5.17. The van der Waals surface area contributed by atoms with Gasteiger partial charge in [0.15, 0.2) is 0 Å². The molecule has 0 radical (unpaired) electrons. The zero-order chi connectivity index (χ0) is 7.94. The summed E-state index contributed by atoms with van der Waals surface area (Å²) >= 11 is 0. The van der Waals surface area contributed by atoms with Crippen molar-refractivity contribution in [3.63, 3.8) is 0 Å². The summed E-state index contributed by atoms with van der Waals surface area (Å²) in [7, 11) is 0. The molecular formula is C10H22LiN. The molecule has 0 aromatic rings. The van der Waals surface area contributed by atoms with Crippen LogP contribution in [0.5, 0.6) is 0 Å². The second kappa shape index (κ2) is 8.17. The SMILES string of the molecule is CCCCC1CCCCCN1.[H-].[Li+]. The van der Waals surface area contributed by atoms with Crippen LogP contribution in [0.15, 0.2) is 0 Å². The molecule has 1 heterocycles. The van der Waals surface area contributed by atoms with E-state index in [-0.39, 0.29) is 20.3 Å². The van der Waals surface area contributed by atoms with Gasteiger partial charge in [-0.1, -0.05) is 32.6 Å². The van der Waals surface area contributed by atoms with Gasteiger partial charge in [-0.2, -0.15) is 0 Å². The standard InChI is InChI=1S/C10H21N.Li.H/c1-2-3-7-10-8-5-4-6-9-11-10;;/h10-11H,2-9H2,1H3;;/q;+1;-1. The number of unbranched alkanes of at least 4 members (excludes halogenated alkanes) is 1. The van der Waals surface area contributed by atoms with E-state index in [1.165, 1.54) is 51.5 Å².